The minimum atomic E-state index is 0.196. The molecule has 2 atom stereocenters. The third kappa shape index (κ3) is 2.77. The van der Waals surface area contributed by atoms with Crippen molar-refractivity contribution in [1.29, 1.82) is 0 Å². The van der Waals surface area contributed by atoms with Crippen LogP contribution in [-0.2, 0) is 0 Å². The Morgan fingerprint density at radius 3 is 2.67 bits per heavy atom. The highest BCUT2D eigenvalue weighted by Crippen LogP contribution is 2.52. The van der Waals surface area contributed by atoms with Gasteiger partial charge in [0.05, 0.1) is 0 Å². The predicted octanol–water partition coefficient (Wildman–Crippen LogP) is 4.80. The van der Waals surface area contributed by atoms with Crippen LogP contribution in [0.25, 0.3) is 0 Å². The second-order valence-electron chi connectivity index (χ2n) is 8.11. The minimum Gasteiger partial charge on any atom is -0.335 e. The van der Waals surface area contributed by atoms with Crippen molar-refractivity contribution in [3.05, 3.63) is 33.8 Å². The topological polar surface area (TPSA) is 20.3 Å². The largest absolute Gasteiger partial charge is 0.335 e. The first-order valence-corrected chi connectivity index (χ1v) is 8.56. The summed E-state index contributed by atoms with van der Waals surface area (Å²) < 4.78 is 1.02. The Hall–Kier alpha value is -0.830. The summed E-state index contributed by atoms with van der Waals surface area (Å²) in [6.07, 6.45) is 3.51. The highest BCUT2D eigenvalue weighted by Gasteiger charge is 2.50. The van der Waals surface area contributed by atoms with Gasteiger partial charge < -0.3 is 4.90 Å². The standard InChI is InChI=1S/C18H24BrNO/c1-12-5-6-13(7-15(12)19)16(21)20-11-18(4)9-14(20)8-17(2,3)10-18/h5-7,14H,8-11H2,1-4H3. The first-order valence-electron chi connectivity index (χ1n) is 7.76. The molecule has 1 aromatic rings. The molecule has 1 saturated carbocycles. The smallest absolute Gasteiger partial charge is 0.254 e. The number of carbonyl (C=O) groups excluding carboxylic acids is 1. The average Bonchev–Trinajstić information content (AvgIpc) is 2.61. The Labute approximate surface area is 136 Å². The number of fused-ring (bicyclic) bond motifs is 2. The zero-order valence-corrected chi connectivity index (χ0v) is 15.0. The van der Waals surface area contributed by atoms with E-state index < -0.39 is 0 Å². The molecule has 1 amide bonds. The van der Waals surface area contributed by atoms with Gasteiger partial charge in [-0.1, -0.05) is 42.8 Å². The SMILES string of the molecule is Cc1ccc(C(=O)N2CC3(C)CC2CC(C)(C)C3)cc1Br. The molecule has 2 nitrogen and oxygen atoms in total. The van der Waals surface area contributed by atoms with Crippen LogP contribution in [0.4, 0.5) is 0 Å². The number of benzene rings is 1. The van der Waals surface area contributed by atoms with E-state index in [9.17, 15) is 4.79 Å². The molecule has 1 heterocycles. The first kappa shape index (κ1) is 15.1. The molecule has 1 aliphatic carbocycles. The van der Waals surface area contributed by atoms with E-state index in [-0.39, 0.29) is 5.91 Å². The van der Waals surface area contributed by atoms with Crippen LogP contribution in [0.1, 0.15) is 56.0 Å². The van der Waals surface area contributed by atoms with Crippen LogP contribution in [0.15, 0.2) is 22.7 Å². The van der Waals surface area contributed by atoms with E-state index in [1.54, 1.807) is 0 Å². The summed E-state index contributed by atoms with van der Waals surface area (Å²) in [6.45, 7) is 9.98. The van der Waals surface area contributed by atoms with Crippen LogP contribution in [0.2, 0.25) is 0 Å². The van der Waals surface area contributed by atoms with E-state index in [0.29, 0.717) is 16.9 Å². The molecule has 2 bridgehead atoms. The molecule has 21 heavy (non-hydrogen) atoms. The number of rotatable bonds is 1. The zero-order valence-electron chi connectivity index (χ0n) is 13.4. The maximum atomic E-state index is 12.9. The number of likely N-dealkylation sites (tertiary alicyclic amines) is 1. The van der Waals surface area contributed by atoms with Crippen LogP contribution in [0.5, 0.6) is 0 Å². The van der Waals surface area contributed by atoms with E-state index >= 15 is 0 Å². The molecule has 1 aromatic carbocycles. The summed E-state index contributed by atoms with van der Waals surface area (Å²) in [5, 5.41) is 0. The van der Waals surface area contributed by atoms with Crippen molar-refractivity contribution in [1.82, 2.24) is 4.90 Å². The van der Waals surface area contributed by atoms with E-state index in [1.807, 2.05) is 25.1 Å². The van der Waals surface area contributed by atoms with Gasteiger partial charge in [-0.2, -0.15) is 0 Å². The molecule has 1 aliphatic heterocycles. The number of aryl methyl sites for hydroxylation is 1. The summed E-state index contributed by atoms with van der Waals surface area (Å²) in [6, 6.07) is 6.35. The van der Waals surface area contributed by atoms with Gasteiger partial charge >= 0.3 is 0 Å². The summed E-state index contributed by atoms with van der Waals surface area (Å²) in [5.74, 6) is 0.196. The maximum absolute atomic E-state index is 12.9. The van der Waals surface area contributed by atoms with Gasteiger partial charge in [-0.3, -0.25) is 4.79 Å². The third-order valence-electron chi connectivity index (χ3n) is 5.09. The van der Waals surface area contributed by atoms with Crippen molar-refractivity contribution in [3.8, 4) is 0 Å². The summed E-state index contributed by atoms with van der Waals surface area (Å²) in [4.78, 5) is 15.0. The van der Waals surface area contributed by atoms with Crippen LogP contribution >= 0.6 is 15.9 Å². The molecule has 3 rings (SSSR count). The summed E-state index contributed by atoms with van der Waals surface area (Å²) >= 11 is 3.54. The number of nitrogens with zero attached hydrogens (tertiary/aromatic N) is 1. The summed E-state index contributed by atoms with van der Waals surface area (Å²) in [5.41, 5.74) is 2.62. The maximum Gasteiger partial charge on any atom is 0.254 e. The highest BCUT2D eigenvalue weighted by atomic mass is 79.9. The Balaban J connectivity index is 1.87. The number of hydrogen-bond acceptors (Lipinski definition) is 1. The molecular formula is C18H24BrNO. The monoisotopic (exact) mass is 349 g/mol. The van der Waals surface area contributed by atoms with Crippen molar-refractivity contribution < 1.29 is 4.79 Å². The number of hydrogen-bond donors (Lipinski definition) is 0. The van der Waals surface area contributed by atoms with Gasteiger partial charge in [0, 0.05) is 22.6 Å². The second-order valence-corrected chi connectivity index (χ2v) is 8.97. The first-order chi connectivity index (χ1) is 9.69. The lowest BCUT2D eigenvalue weighted by Gasteiger charge is -2.39. The lowest BCUT2D eigenvalue weighted by atomic mass is 9.65. The van der Waals surface area contributed by atoms with Crippen molar-refractivity contribution >= 4 is 21.8 Å². The molecule has 3 heteroatoms. The molecule has 0 radical (unpaired) electrons. The van der Waals surface area contributed by atoms with Crippen LogP contribution < -0.4 is 0 Å². The van der Waals surface area contributed by atoms with Gasteiger partial charge in [-0.15, -0.1) is 0 Å². The summed E-state index contributed by atoms with van der Waals surface area (Å²) in [7, 11) is 0. The zero-order chi connectivity index (χ0) is 15.4. The molecule has 0 N–H and O–H groups in total. The molecule has 0 spiro atoms. The number of halogens is 1. The molecule has 0 aromatic heterocycles. The minimum absolute atomic E-state index is 0.196. The fraction of sp³-hybridized carbons (Fsp3) is 0.611. The second kappa shape index (κ2) is 4.84. The van der Waals surface area contributed by atoms with Crippen LogP contribution in [-0.4, -0.2) is 23.4 Å². The van der Waals surface area contributed by atoms with Crippen molar-refractivity contribution in [2.24, 2.45) is 10.8 Å². The van der Waals surface area contributed by atoms with Crippen molar-refractivity contribution in [2.75, 3.05) is 6.54 Å². The predicted molar refractivity (Wildman–Crippen MR) is 89.4 cm³/mol. The Kier molecular flexibility index (Phi) is 3.47. The van der Waals surface area contributed by atoms with Gasteiger partial charge in [-0.25, -0.2) is 0 Å². The lowest BCUT2D eigenvalue weighted by Crippen LogP contribution is -2.37. The van der Waals surface area contributed by atoms with Gasteiger partial charge in [0.2, 0.25) is 0 Å². The highest BCUT2D eigenvalue weighted by molar-refractivity contribution is 9.10. The fourth-order valence-electron chi connectivity index (χ4n) is 4.59. The number of amides is 1. The van der Waals surface area contributed by atoms with E-state index in [0.717, 1.165) is 29.4 Å². The van der Waals surface area contributed by atoms with Crippen LogP contribution in [0.3, 0.4) is 0 Å². The average molecular weight is 350 g/mol. The molecule has 2 unspecified atom stereocenters. The van der Waals surface area contributed by atoms with Gasteiger partial charge in [0.1, 0.15) is 0 Å². The molecule has 114 valence electrons. The lowest BCUT2D eigenvalue weighted by molar-refractivity contribution is 0.0708. The van der Waals surface area contributed by atoms with Gasteiger partial charge in [0.15, 0.2) is 0 Å². The van der Waals surface area contributed by atoms with Gasteiger partial charge in [-0.05, 0) is 54.7 Å². The van der Waals surface area contributed by atoms with E-state index in [2.05, 4.69) is 41.6 Å². The van der Waals surface area contributed by atoms with Crippen molar-refractivity contribution in [3.63, 3.8) is 0 Å². The Morgan fingerprint density at radius 2 is 2.00 bits per heavy atom. The van der Waals surface area contributed by atoms with E-state index in [1.165, 1.54) is 12.0 Å². The molecule has 2 aliphatic rings. The Bertz CT molecular complexity index is 595. The Morgan fingerprint density at radius 1 is 1.29 bits per heavy atom. The van der Waals surface area contributed by atoms with Crippen LogP contribution in [0, 0.1) is 17.8 Å². The normalized spacial score (nSPS) is 30.5. The number of carbonyl (C=O) groups is 1. The molecular weight excluding hydrogens is 326 g/mol. The van der Waals surface area contributed by atoms with Crippen molar-refractivity contribution in [2.45, 2.75) is 53.0 Å². The third-order valence-corrected chi connectivity index (χ3v) is 5.95. The molecule has 2 fully saturated rings. The van der Waals surface area contributed by atoms with Gasteiger partial charge in [0.25, 0.3) is 5.91 Å². The quantitative estimate of drug-likeness (QED) is 0.713. The molecule has 1 saturated heterocycles. The fourth-order valence-corrected chi connectivity index (χ4v) is 4.97. The van der Waals surface area contributed by atoms with E-state index in [4.69, 9.17) is 0 Å².